The summed E-state index contributed by atoms with van der Waals surface area (Å²) in [6.45, 7) is -0.449. The molecular weight excluding hydrogens is 246 g/mol. The number of aliphatic hydroxyl groups excluding tert-OH is 4. The Morgan fingerprint density at radius 1 is 1.33 bits per heavy atom. The highest BCUT2D eigenvalue weighted by Gasteiger charge is 2.46. The Morgan fingerprint density at radius 2 is 2.06 bits per heavy atom. The van der Waals surface area contributed by atoms with Crippen LogP contribution in [0.4, 0.5) is 0 Å². The van der Waals surface area contributed by atoms with E-state index in [9.17, 15) is 15.3 Å². The van der Waals surface area contributed by atoms with Gasteiger partial charge in [0.2, 0.25) is 6.35 Å². The Balaban J connectivity index is 2.10. The van der Waals surface area contributed by atoms with Crippen molar-refractivity contribution in [2.75, 3.05) is 6.61 Å². The molecule has 0 aromatic rings. The van der Waals surface area contributed by atoms with Gasteiger partial charge < -0.3 is 30.1 Å². The highest BCUT2D eigenvalue weighted by Crippen LogP contribution is 2.26. The molecule has 102 valence electrons. The molecule has 2 aliphatic heterocycles. The van der Waals surface area contributed by atoms with Crippen LogP contribution in [0.15, 0.2) is 17.3 Å². The van der Waals surface area contributed by atoms with Crippen molar-refractivity contribution >= 4 is 5.84 Å². The van der Waals surface area contributed by atoms with Crippen molar-refractivity contribution in [2.24, 2.45) is 4.99 Å². The van der Waals surface area contributed by atoms with Gasteiger partial charge in [0.25, 0.3) is 0 Å². The fourth-order valence-corrected chi connectivity index (χ4v) is 1.88. The predicted molar refractivity (Wildman–Crippen MR) is 57.1 cm³/mol. The van der Waals surface area contributed by atoms with Crippen LogP contribution in [0.1, 0.15) is 0 Å². The molecular formula is C9H15N3O6. The molecule has 9 heteroatoms. The average molecular weight is 261 g/mol. The van der Waals surface area contributed by atoms with Crippen LogP contribution < -0.4 is 5.48 Å². The molecule has 6 N–H and O–H groups in total. The summed E-state index contributed by atoms with van der Waals surface area (Å²) in [5.41, 5.74) is 1.77. The fraction of sp³-hybridized carbons (Fsp3) is 0.667. The first-order chi connectivity index (χ1) is 8.58. The fourth-order valence-electron chi connectivity index (χ4n) is 1.88. The number of hydrogen-bond donors (Lipinski definition) is 6. The van der Waals surface area contributed by atoms with Gasteiger partial charge in [-0.15, -0.1) is 0 Å². The van der Waals surface area contributed by atoms with Gasteiger partial charge in [0.15, 0.2) is 12.1 Å². The number of nitrogens with zero attached hydrogens (tertiary/aromatic N) is 2. The molecule has 2 heterocycles. The van der Waals surface area contributed by atoms with E-state index < -0.39 is 37.5 Å². The van der Waals surface area contributed by atoms with E-state index in [1.807, 2.05) is 0 Å². The number of nitrogens with one attached hydrogen (secondary N) is 1. The quantitative estimate of drug-likeness (QED) is 0.288. The van der Waals surface area contributed by atoms with Gasteiger partial charge in [0, 0.05) is 6.20 Å². The molecule has 1 saturated heterocycles. The summed E-state index contributed by atoms with van der Waals surface area (Å²) in [6, 6.07) is 0. The highest BCUT2D eigenvalue weighted by atomic mass is 16.6. The predicted octanol–water partition coefficient (Wildman–Crippen LogP) is -3.09. The Morgan fingerprint density at radius 3 is 2.56 bits per heavy atom. The Labute approximate surface area is 102 Å². The second-order valence-electron chi connectivity index (χ2n) is 3.96. The van der Waals surface area contributed by atoms with E-state index in [0.29, 0.717) is 0 Å². The van der Waals surface area contributed by atoms with E-state index in [1.165, 1.54) is 12.3 Å². The molecule has 18 heavy (non-hydrogen) atoms. The summed E-state index contributed by atoms with van der Waals surface area (Å²) in [7, 11) is 0. The van der Waals surface area contributed by atoms with Crippen molar-refractivity contribution in [3.8, 4) is 0 Å². The summed E-state index contributed by atoms with van der Waals surface area (Å²) >= 11 is 0. The zero-order chi connectivity index (χ0) is 13.3. The van der Waals surface area contributed by atoms with Crippen LogP contribution in [0.3, 0.4) is 0 Å². The molecule has 0 bridgehead atoms. The van der Waals surface area contributed by atoms with Crippen LogP contribution in [0, 0.1) is 0 Å². The van der Waals surface area contributed by atoms with Crippen molar-refractivity contribution in [3.05, 3.63) is 12.3 Å². The van der Waals surface area contributed by atoms with E-state index in [-0.39, 0.29) is 5.84 Å². The van der Waals surface area contributed by atoms with Crippen LogP contribution in [0.2, 0.25) is 0 Å². The summed E-state index contributed by atoms with van der Waals surface area (Å²) < 4.78 is 5.23. The molecule has 9 nitrogen and oxygen atoms in total. The van der Waals surface area contributed by atoms with E-state index in [0.717, 1.165) is 4.90 Å². The molecule has 0 amide bonds. The van der Waals surface area contributed by atoms with Crippen LogP contribution in [0.25, 0.3) is 0 Å². The van der Waals surface area contributed by atoms with Gasteiger partial charge >= 0.3 is 0 Å². The van der Waals surface area contributed by atoms with E-state index in [2.05, 4.69) is 4.99 Å². The minimum Gasteiger partial charge on any atom is -0.394 e. The second kappa shape index (κ2) is 5.18. The number of hydroxylamine groups is 1. The smallest absolute Gasteiger partial charge is 0.229 e. The molecule has 0 spiro atoms. The van der Waals surface area contributed by atoms with Gasteiger partial charge in [-0.1, -0.05) is 0 Å². The minimum absolute atomic E-state index is 0.0468. The third kappa shape index (κ3) is 2.19. The van der Waals surface area contributed by atoms with Gasteiger partial charge in [-0.25, -0.2) is 4.99 Å². The molecule has 5 atom stereocenters. The Kier molecular flexibility index (Phi) is 3.80. The van der Waals surface area contributed by atoms with Crippen molar-refractivity contribution in [2.45, 2.75) is 30.9 Å². The molecule has 1 unspecified atom stereocenters. The van der Waals surface area contributed by atoms with E-state index in [1.54, 1.807) is 5.48 Å². The molecule has 0 aliphatic carbocycles. The Hall–Kier alpha value is -1.23. The van der Waals surface area contributed by atoms with E-state index in [4.69, 9.17) is 15.1 Å². The lowest BCUT2D eigenvalue weighted by Gasteiger charge is -2.33. The SMILES string of the molecule is OC[C@H]1O[C@@H](N2C=CC(NO)=NC2O)[C@H](O)[C@@H]1O. The summed E-state index contributed by atoms with van der Waals surface area (Å²) in [6.07, 6.45) is -3.19. The standard InChI is InChI=1S/C9H15N3O6/c13-3-4-6(14)7(15)8(18-4)12-2-1-5(11-17)10-9(12)16/h1-2,4,6-9,13-17H,3H2,(H,10,11)/t4-,6-,7-,8-,9?/m1/s1. The maximum Gasteiger partial charge on any atom is 0.229 e. The number of amidine groups is 1. The number of rotatable bonds is 2. The van der Waals surface area contributed by atoms with Crippen molar-refractivity contribution in [1.29, 1.82) is 0 Å². The third-order valence-electron chi connectivity index (χ3n) is 2.85. The van der Waals surface area contributed by atoms with Crippen LogP contribution >= 0.6 is 0 Å². The van der Waals surface area contributed by atoms with Gasteiger partial charge in [0.1, 0.15) is 18.3 Å². The number of hydrogen-bond acceptors (Lipinski definition) is 9. The van der Waals surface area contributed by atoms with Gasteiger partial charge in [0.05, 0.1) is 6.61 Å². The molecule has 0 radical (unpaired) electrons. The lowest BCUT2D eigenvalue weighted by atomic mass is 10.1. The first kappa shape index (κ1) is 13.2. The zero-order valence-corrected chi connectivity index (χ0v) is 9.29. The first-order valence-electron chi connectivity index (χ1n) is 5.32. The lowest BCUT2D eigenvalue weighted by Crippen LogP contribution is -2.47. The lowest BCUT2D eigenvalue weighted by molar-refractivity contribution is -0.130. The van der Waals surface area contributed by atoms with E-state index >= 15 is 0 Å². The molecule has 0 aromatic heterocycles. The third-order valence-corrected chi connectivity index (χ3v) is 2.85. The van der Waals surface area contributed by atoms with Crippen LogP contribution in [-0.2, 0) is 4.74 Å². The monoisotopic (exact) mass is 261 g/mol. The maximum atomic E-state index is 9.77. The van der Waals surface area contributed by atoms with Crippen LogP contribution in [0.5, 0.6) is 0 Å². The van der Waals surface area contributed by atoms with Gasteiger partial charge in [-0.05, 0) is 6.08 Å². The molecule has 2 aliphatic rings. The number of aliphatic imine (C=N–C) groups is 1. The Bertz CT molecular complexity index is 362. The normalized spacial score (nSPS) is 39.9. The van der Waals surface area contributed by atoms with Crippen molar-refractivity contribution < 1.29 is 30.4 Å². The van der Waals surface area contributed by atoms with Crippen molar-refractivity contribution in [3.63, 3.8) is 0 Å². The molecule has 1 fully saturated rings. The number of aliphatic hydroxyl groups is 4. The van der Waals surface area contributed by atoms with Crippen molar-refractivity contribution in [1.82, 2.24) is 10.4 Å². The molecule has 2 rings (SSSR count). The zero-order valence-electron chi connectivity index (χ0n) is 9.29. The number of ether oxygens (including phenoxy) is 1. The second-order valence-corrected chi connectivity index (χ2v) is 3.96. The summed E-state index contributed by atoms with van der Waals surface area (Å²) in [5.74, 6) is 0.0468. The average Bonchev–Trinajstić information content (AvgIpc) is 2.66. The topological polar surface area (TPSA) is 138 Å². The molecule has 0 aromatic carbocycles. The summed E-state index contributed by atoms with van der Waals surface area (Å²) in [5, 5.41) is 46.6. The largest absolute Gasteiger partial charge is 0.394 e. The summed E-state index contributed by atoms with van der Waals surface area (Å²) in [4.78, 5) is 4.81. The van der Waals surface area contributed by atoms with Gasteiger partial charge in [-0.3, -0.25) is 10.7 Å². The molecule has 0 saturated carbocycles. The van der Waals surface area contributed by atoms with Crippen LogP contribution in [-0.4, -0.2) is 73.9 Å². The maximum absolute atomic E-state index is 9.77. The first-order valence-corrected chi connectivity index (χ1v) is 5.32. The van der Waals surface area contributed by atoms with Gasteiger partial charge in [-0.2, -0.15) is 0 Å². The minimum atomic E-state index is -1.38. The highest BCUT2D eigenvalue weighted by molar-refractivity contribution is 5.92.